The van der Waals surface area contributed by atoms with Crippen molar-refractivity contribution in [2.75, 3.05) is 20.2 Å². The van der Waals surface area contributed by atoms with Crippen molar-refractivity contribution in [3.63, 3.8) is 0 Å². The van der Waals surface area contributed by atoms with Gasteiger partial charge in [0.1, 0.15) is 5.75 Å². The van der Waals surface area contributed by atoms with Crippen molar-refractivity contribution in [1.82, 2.24) is 10.0 Å². The summed E-state index contributed by atoms with van der Waals surface area (Å²) in [6.45, 7) is 3.21. The maximum Gasteiger partial charge on any atom is 0.243 e. The average molecular weight is 403 g/mol. The number of benzene rings is 2. The molecule has 0 aliphatic heterocycles. The summed E-state index contributed by atoms with van der Waals surface area (Å²) >= 11 is 0. The van der Waals surface area contributed by atoms with Crippen molar-refractivity contribution in [3.05, 3.63) is 65.7 Å². The maximum atomic E-state index is 11.8. The number of aryl methyl sites for hydroxylation is 1. The summed E-state index contributed by atoms with van der Waals surface area (Å²) in [4.78, 5) is 12.0. The van der Waals surface area contributed by atoms with Crippen LogP contribution in [0.1, 0.15) is 24.0 Å². The minimum atomic E-state index is -3.45. The van der Waals surface area contributed by atoms with Gasteiger partial charge in [0.15, 0.2) is 0 Å². The molecular formula is C21H26N2O4S. The number of nitrogens with one attached hydrogen (secondary N) is 2. The lowest BCUT2D eigenvalue weighted by Crippen LogP contribution is -2.22. The number of carbonyl (C=O) groups is 1. The van der Waals surface area contributed by atoms with Crippen LogP contribution in [-0.4, -0.2) is 34.5 Å². The lowest BCUT2D eigenvalue weighted by atomic mass is 10.2. The normalized spacial score (nSPS) is 11.5. The van der Waals surface area contributed by atoms with Gasteiger partial charge in [-0.15, -0.1) is 0 Å². The molecule has 6 nitrogen and oxygen atoms in total. The number of sulfonamides is 1. The van der Waals surface area contributed by atoms with E-state index in [9.17, 15) is 13.2 Å². The van der Waals surface area contributed by atoms with Crippen LogP contribution in [0.25, 0.3) is 6.08 Å². The molecule has 2 aromatic carbocycles. The zero-order valence-corrected chi connectivity index (χ0v) is 17.0. The molecule has 150 valence electrons. The van der Waals surface area contributed by atoms with Crippen molar-refractivity contribution in [1.29, 1.82) is 0 Å². The summed E-state index contributed by atoms with van der Waals surface area (Å²) in [6, 6.07) is 14.2. The van der Waals surface area contributed by atoms with E-state index in [-0.39, 0.29) is 10.8 Å². The standard InChI is InChI=1S/C21H26N2O4S/c1-17-5-10-19(11-6-17)27-16-4-3-15-23-21(24)14-9-18-7-12-20(13-8-18)28(25,26)22-2/h5-14,22H,3-4,15-16H2,1-2H3,(H,23,24). The molecule has 0 aliphatic carbocycles. The van der Waals surface area contributed by atoms with Crippen LogP contribution in [0.15, 0.2) is 59.5 Å². The van der Waals surface area contributed by atoms with Crippen LogP contribution < -0.4 is 14.8 Å². The minimum Gasteiger partial charge on any atom is -0.494 e. The molecule has 2 rings (SSSR count). The Labute approximate surface area is 166 Å². The summed E-state index contributed by atoms with van der Waals surface area (Å²) in [5, 5.41) is 2.82. The highest BCUT2D eigenvalue weighted by atomic mass is 32.2. The Bertz CT molecular complexity index is 889. The van der Waals surface area contributed by atoms with Crippen LogP contribution in [0.4, 0.5) is 0 Å². The van der Waals surface area contributed by atoms with E-state index in [1.54, 1.807) is 18.2 Å². The molecule has 28 heavy (non-hydrogen) atoms. The number of ether oxygens (including phenoxy) is 1. The van der Waals surface area contributed by atoms with Gasteiger partial charge >= 0.3 is 0 Å². The number of rotatable bonds is 10. The number of unbranched alkanes of at least 4 members (excludes halogenated alkanes) is 1. The van der Waals surface area contributed by atoms with Crippen LogP contribution in [0.2, 0.25) is 0 Å². The molecule has 2 N–H and O–H groups in total. The van der Waals surface area contributed by atoms with Gasteiger partial charge < -0.3 is 10.1 Å². The summed E-state index contributed by atoms with van der Waals surface area (Å²) < 4.78 is 31.2. The Hall–Kier alpha value is -2.64. The summed E-state index contributed by atoms with van der Waals surface area (Å²) in [6.07, 6.45) is 4.75. The number of carbonyl (C=O) groups excluding carboxylic acids is 1. The number of hydrogen-bond donors (Lipinski definition) is 2. The lowest BCUT2D eigenvalue weighted by molar-refractivity contribution is -0.116. The SMILES string of the molecule is CNS(=O)(=O)c1ccc(C=CC(=O)NCCCCOc2ccc(C)cc2)cc1. The third-order valence-corrected chi connectivity index (χ3v) is 5.48. The Morgan fingerprint density at radius 1 is 1.04 bits per heavy atom. The van der Waals surface area contributed by atoms with Crippen LogP contribution in [0.3, 0.4) is 0 Å². The molecular weight excluding hydrogens is 376 g/mol. The van der Waals surface area contributed by atoms with E-state index in [0.717, 1.165) is 24.2 Å². The first-order valence-corrected chi connectivity index (χ1v) is 10.6. The molecule has 0 saturated heterocycles. The highest BCUT2D eigenvalue weighted by Gasteiger charge is 2.09. The van der Waals surface area contributed by atoms with Gasteiger partial charge in [-0.25, -0.2) is 13.1 Å². The minimum absolute atomic E-state index is 0.185. The fraction of sp³-hybridized carbons (Fsp3) is 0.286. The highest BCUT2D eigenvalue weighted by molar-refractivity contribution is 7.89. The average Bonchev–Trinajstić information content (AvgIpc) is 2.70. The number of amides is 1. The molecule has 0 saturated carbocycles. The fourth-order valence-electron chi connectivity index (χ4n) is 2.37. The second-order valence-electron chi connectivity index (χ2n) is 6.27. The smallest absolute Gasteiger partial charge is 0.243 e. The van der Waals surface area contributed by atoms with Crippen molar-refractivity contribution in [2.45, 2.75) is 24.7 Å². The molecule has 0 aliphatic rings. The molecule has 1 amide bonds. The predicted octanol–water partition coefficient (Wildman–Crippen LogP) is 2.89. The largest absolute Gasteiger partial charge is 0.494 e. The van der Waals surface area contributed by atoms with Gasteiger partial charge in [0.05, 0.1) is 11.5 Å². The zero-order chi connectivity index (χ0) is 20.4. The van der Waals surface area contributed by atoms with Crippen LogP contribution in [-0.2, 0) is 14.8 Å². The molecule has 0 fully saturated rings. The predicted molar refractivity (Wildman–Crippen MR) is 111 cm³/mol. The third-order valence-electron chi connectivity index (χ3n) is 4.05. The van der Waals surface area contributed by atoms with Crippen LogP contribution >= 0.6 is 0 Å². The topological polar surface area (TPSA) is 84.5 Å². The summed E-state index contributed by atoms with van der Waals surface area (Å²) in [5.74, 6) is 0.664. The van der Waals surface area contributed by atoms with E-state index in [1.165, 1.54) is 30.8 Å². The Morgan fingerprint density at radius 2 is 1.71 bits per heavy atom. The van der Waals surface area contributed by atoms with Crippen molar-refractivity contribution in [3.8, 4) is 5.75 Å². The van der Waals surface area contributed by atoms with Gasteiger partial charge in [0.25, 0.3) is 0 Å². The maximum absolute atomic E-state index is 11.8. The van der Waals surface area contributed by atoms with E-state index >= 15 is 0 Å². The molecule has 0 aromatic heterocycles. The zero-order valence-electron chi connectivity index (χ0n) is 16.1. The fourth-order valence-corrected chi connectivity index (χ4v) is 3.10. The number of hydrogen-bond acceptors (Lipinski definition) is 4. The molecule has 7 heteroatoms. The molecule has 0 bridgehead atoms. The first-order chi connectivity index (χ1) is 13.4. The summed E-state index contributed by atoms with van der Waals surface area (Å²) in [7, 11) is -2.09. The van der Waals surface area contributed by atoms with E-state index in [1.807, 2.05) is 31.2 Å². The molecule has 0 atom stereocenters. The molecule has 0 spiro atoms. The quantitative estimate of drug-likeness (QED) is 0.473. The molecule has 0 heterocycles. The van der Waals surface area contributed by atoms with Crippen LogP contribution in [0.5, 0.6) is 5.75 Å². The van der Waals surface area contributed by atoms with E-state index < -0.39 is 10.0 Å². The van der Waals surface area contributed by atoms with Crippen molar-refractivity contribution < 1.29 is 17.9 Å². The highest BCUT2D eigenvalue weighted by Crippen LogP contribution is 2.12. The first-order valence-electron chi connectivity index (χ1n) is 9.10. The van der Waals surface area contributed by atoms with Gasteiger partial charge in [-0.1, -0.05) is 29.8 Å². The second-order valence-corrected chi connectivity index (χ2v) is 8.16. The van der Waals surface area contributed by atoms with E-state index in [0.29, 0.717) is 13.2 Å². The Morgan fingerprint density at radius 3 is 2.36 bits per heavy atom. The van der Waals surface area contributed by atoms with Crippen molar-refractivity contribution >= 4 is 22.0 Å². The van der Waals surface area contributed by atoms with Crippen molar-refractivity contribution in [2.24, 2.45) is 0 Å². The first kappa shape index (κ1) is 21.7. The second kappa shape index (κ2) is 10.6. The van der Waals surface area contributed by atoms with E-state index in [2.05, 4.69) is 10.0 Å². The van der Waals surface area contributed by atoms with Crippen LogP contribution in [0, 0.1) is 6.92 Å². The van der Waals surface area contributed by atoms with Gasteiger partial charge in [0.2, 0.25) is 15.9 Å². The Balaban J connectivity index is 1.66. The van der Waals surface area contributed by atoms with Gasteiger partial charge in [0, 0.05) is 12.6 Å². The molecule has 2 aromatic rings. The summed E-state index contributed by atoms with van der Waals surface area (Å²) in [5.41, 5.74) is 1.94. The molecule has 0 radical (unpaired) electrons. The molecule has 0 unspecified atom stereocenters. The van der Waals surface area contributed by atoms with E-state index in [4.69, 9.17) is 4.74 Å². The Kier molecular flexibility index (Phi) is 8.22. The van der Waals surface area contributed by atoms with Gasteiger partial charge in [-0.2, -0.15) is 0 Å². The lowest BCUT2D eigenvalue weighted by Gasteiger charge is -2.06. The van der Waals surface area contributed by atoms with Gasteiger partial charge in [-0.05, 0) is 62.7 Å². The van der Waals surface area contributed by atoms with Gasteiger partial charge in [-0.3, -0.25) is 4.79 Å². The third kappa shape index (κ3) is 7.17. The monoisotopic (exact) mass is 402 g/mol.